The minimum atomic E-state index is -0.732. The largest absolute Gasteiger partial charge is 0.452 e. The van der Waals surface area contributed by atoms with Crippen LogP contribution in [-0.2, 0) is 9.53 Å². The van der Waals surface area contributed by atoms with Crippen molar-refractivity contribution in [2.45, 2.75) is 38.6 Å². The highest BCUT2D eigenvalue weighted by molar-refractivity contribution is 5.96. The van der Waals surface area contributed by atoms with Crippen LogP contribution in [0.5, 0.6) is 0 Å². The fourth-order valence-electron chi connectivity index (χ4n) is 2.71. The quantitative estimate of drug-likeness (QED) is 0.660. The summed E-state index contributed by atoms with van der Waals surface area (Å²) in [6.07, 6.45) is 4.33. The lowest BCUT2D eigenvalue weighted by molar-refractivity contribution is -0.125. The second-order valence-corrected chi connectivity index (χ2v) is 5.74. The normalized spacial score (nSPS) is 21.2. The molecule has 0 bridgehead atoms. The predicted octanol–water partition coefficient (Wildman–Crippen LogP) is 2.26. The van der Waals surface area contributed by atoms with Crippen molar-refractivity contribution in [2.24, 2.45) is 5.92 Å². The SMILES string of the molecule is C[C@H]1CCCC[C@H]1NC(=O)COC(=O)c1ccc(F)cc1N. The van der Waals surface area contributed by atoms with E-state index in [4.69, 9.17) is 10.5 Å². The van der Waals surface area contributed by atoms with Crippen LogP contribution in [-0.4, -0.2) is 24.5 Å². The summed E-state index contributed by atoms with van der Waals surface area (Å²) in [4.78, 5) is 23.7. The number of hydrogen-bond donors (Lipinski definition) is 2. The summed E-state index contributed by atoms with van der Waals surface area (Å²) in [6, 6.07) is 3.54. The molecule has 2 atom stereocenters. The molecule has 22 heavy (non-hydrogen) atoms. The van der Waals surface area contributed by atoms with Crippen molar-refractivity contribution >= 4 is 17.6 Å². The summed E-state index contributed by atoms with van der Waals surface area (Å²) in [5.41, 5.74) is 5.60. The third-order valence-corrected chi connectivity index (χ3v) is 4.03. The van der Waals surface area contributed by atoms with E-state index in [0.717, 1.165) is 31.4 Å². The van der Waals surface area contributed by atoms with Gasteiger partial charge < -0.3 is 15.8 Å². The summed E-state index contributed by atoms with van der Waals surface area (Å²) < 4.78 is 17.9. The lowest BCUT2D eigenvalue weighted by Crippen LogP contribution is -2.42. The fraction of sp³-hybridized carbons (Fsp3) is 0.500. The van der Waals surface area contributed by atoms with E-state index in [0.29, 0.717) is 5.92 Å². The highest BCUT2D eigenvalue weighted by Gasteiger charge is 2.23. The van der Waals surface area contributed by atoms with Crippen LogP contribution in [0.1, 0.15) is 43.0 Å². The highest BCUT2D eigenvalue weighted by Crippen LogP contribution is 2.23. The standard InChI is InChI=1S/C16H21FN2O3/c1-10-4-2-3-5-14(10)19-15(20)9-22-16(21)12-7-6-11(17)8-13(12)18/h6-8,10,14H,2-5,9,18H2,1H3,(H,19,20)/t10-,14+/m0/s1. The van der Waals surface area contributed by atoms with Crippen LogP contribution in [0.2, 0.25) is 0 Å². The number of nitrogens with two attached hydrogens (primary N) is 1. The minimum Gasteiger partial charge on any atom is -0.452 e. The van der Waals surface area contributed by atoms with Gasteiger partial charge in [0, 0.05) is 11.7 Å². The third kappa shape index (κ3) is 4.19. The van der Waals surface area contributed by atoms with Crippen molar-refractivity contribution in [3.05, 3.63) is 29.6 Å². The molecule has 0 saturated heterocycles. The van der Waals surface area contributed by atoms with Crippen LogP contribution in [0.4, 0.5) is 10.1 Å². The molecule has 3 N–H and O–H groups in total. The molecule has 0 aliphatic heterocycles. The maximum atomic E-state index is 12.9. The molecule has 1 amide bonds. The molecular weight excluding hydrogens is 287 g/mol. The molecule has 0 aromatic heterocycles. The van der Waals surface area contributed by atoms with Crippen molar-refractivity contribution < 1.29 is 18.7 Å². The Labute approximate surface area is 129 Å². The van der Waals surface area contributed by atoms with Gasteiger partial charge in [-0.1, -0.05) is 19.8 Å². The number of esters is 1. The molecule has 2 rings (SSSR count). The van der Waals surface area contributed by atoms with Crippen LogP contribution in [0.15, 0.2) is 18.2 Å². The van der Waals surface area contributed by atoms with E-state index in [1.54, 1.807) is 0 Å². The van der Waals surface area contributed by atoms with Crippen LogP contribution in [0.3, 0.4) is 0 Å². The van der Waals surface area contributed by atoms with Crippen molar-refractivity contribution in [3.63, 3.8) is 0 Å². The van der Waals surface area contributed by atoms with Crippen molar-refractivity contribution in [1.29, 1.82) is 0 Å². The number of ether oxygens (including phenoxy) is 1. The number of rotatable bonds is 4. The van der Waals surface area contributed by atoms with Crippen molar-refractivity contribution in [3.8, 4) is 0 Å². The Hall–Kier alpha value is -2.11. The molecule has 1 saturated carbocycles. The molecule has 1 fully saturated rings. The van der Waals surface area contributed by atoms with Gasteiger partial charge in [-0.15, -0.1) is 0 Å². The van der Waals surface area contributed by atoms with Crippen LogP contribution < -0.4 is 11.1 Å². The summed E-state index contributed by atoms with van der Waals surface area (Å²) in [5, 5.41) is 2.89. The molecule has 1 aromatic rings. The Morgan fingerprint density at radius 1 is 1.36 bits per heavy atom. The molecule has 120 valence electrons. The monoisotopic (exact) mass is 308 g/mol. The number of benzene rings is 1. The average Bonchev–Trinajstić information content (AvgIpc) is 2.47. The zero-order valence-corrected chi connectivity index (χ0v) is 12.6. The van der Waals surface area contributed by atoms with Crippen LogP contribution >= 0.6 is 0 Å². The first kappa shape index (κ1) is 16.3. The van der Waals surface area contributed by atoms with E-state index in [1.807, 2.05) is 0 Å². The van der Waals surface area contributed by atoms with Gasteiger partial charge in [-0.25, -0.2) is 9.18 Å². The first-order chi connectivity index (χ1) is 10.5. The number of amides is 1. The van der Waals surface area contributed by atoms with Gasteiger partial charge in [-0.2, -0.15) is 0 Å². The Balaban J connectivity index is 1.84. The van der Waals surface area contributed by atoms with E-state index in [1.165, 1.54) is 12.5 Å². The van der Waals surface area contributed by atoms with Gasteiger partial charge in [0.05, 0.1) is 5.56 Å². The molecule has 0 heterocycles. The van der Waals surface area contributed by atoms with Crippen molar-refractivity contribution in [2.75, 3.05) is 12.3 Å². The van der Waals surface area contributed by atoms with Crippen LogP contribution in [0, 0.1) is 11.7 Å². The molecule has 0 radical (unpaired) electrons. The summed E-state index contributed by atoms with van der Waals surface area (Å²) in [7, 11) is 0. The van der Waals surface area contributed by atoms with Gasteiger partial charge in [0.15, 0.2) is 6.61 Å². The second-order valence-electron chi connectivity index (χ2n) is 5.74. The minimum absolute atomic E-state index is 0.00805. The fourth-order valence-corrected chi connectivity index (χ4v) is 2.71. The third-order valence-electron chi connectivity index (χ3n) is 4.03. The second kappa shape index (κ2) is 7.24. The number of carbonyl (C=O) groups is 2. The van der Waals surface area contributed by atoms with E-state index in [9.17, 15) is 14.0 Å². The molecule has 5 nitrogen and oxygen atoms in total. The van der Waals surface area contributed by atoms with E-state index in [2.05, 4.69) is 12.2 Å². The van der Waals surface area contributed by atoms with Gasteiger partial charge in [-0.3, -0.25) is 4.79 Å². The maximum Gasteiger partial charge on any atom is 0.340 e. The first-order valence-electron chi connectivity index (χ1n) is 7.49. The van der Waals surface area contributed by atoms with Gasteiger partial charge in [0.2, 0.25) is 0 Å². The Morgan fingerprint density at radius 2 is 2.09 bits per heavy atom. The summed E-state index contributed by atoms with van der Waals surface area (Å²) >= 11 is 0. The highest BCUT2D eigenvalue weighted by atomic mass is 19.1. The zero-order valence-electron chi connectivity index (χ0n) is 12.6. The lowest BCUT2D eigenvalue weighted by Gasteiger charge is -2.29. The van der Waals surface area contributed by atoms with Crippen molar-refractivity contribution in [1.82, 2.24) is 5.32 Å². The van der Waals surface area contributed by atoms with Gasteiger partial charge in [0.25, 0.3) is 5.91 Å². The number of hydrogen-bond acceptors (Lipinski definition) is 4. The number of anilines is 1. The lowest BCUT2D eigenvalue weighted by atomic mass is 9.86. The maximum absolute atomic E-state index is 12.9. The number of nitrogen functional groups attached to an aromatic ring is 1. The van der Waals surface area contributed by atoms with E-state index >= 15 is 0 Å². The number of nitrogens with one attached hydrogen (secondary N) is 1. The smallest absolute Gasteiger partial charge is 0.340 e. The summed E-state index contributed by atoms with van der Waals surface area (Å²) in [6.45, 7) is 1.74. The molecular formula is C16H21FN2O3. The topological polar surface area (TPSA) is 81.4 Å². The van der Waals surface area contributed by atoms with Crippen LogP contribution in [0.25, 0.3) is 0 Å². The van der Waals surface area contributed by atoms with E-state index in [-0.39, 0.29) is 29.8 Å². The average molecular weight is 308 g/mol. The molecule has 1 aromatic carbocycles. The van der Waals surface area contributed by atoms with Gasteiger partial charge in [0.1, 0.15) is 5.82 Å². The molecule has 0 unspecified atom stereocenters. The molecule has 0 spiro atoms. The Morgan fingerprint density at radius 3 is 2.77 bits per heavy atom. The summed E-state index contributed by atoms with van der Waals surface area (Å²) in [5.74, 6) is -1.16. The van der Waals surface area contributed by atoms with Gasteiger partial charge in [-0.05, 0) is 37.0 Å². The van der Waals surface area contributed by atoms with E-state index < -0.39 is 11.8 Å². The number of carbonyl (C=O) groups excluding carboxylic acids is 2. The Kier molecular flexibility index (Phi) is 5.35. The first-order valence-corrected chi connectivity index (χ1v) is 7.49. The zero-order chi connectivity index (χ0) is 16.1. The molecule has 1 aliphatic carbocycles. The molecule has 1 aliphatic rings. The Bertz CT molecular complexity index is 562. The van der Waals surface area contributed by atoms with Gasteiger partial charge >= 0.3 is 5.97 Å². The predicted molar refractivity (Wildman–Crippen MR) is 80.7 cm³/mol. The molecule has 6 heteroatoms. The number of halogens is 1.